The van der Waals surface area contributed by atoms with Gasteiger partial charge in [0.2, 0.25) is 0 Å². The fourth-order valence-corrected chi connectivity index (χ4v) is 2.33. The molecule has 2 aromatic rings. The maximum atomic E-state index is 11.7. The number of carbonyl (C=O) groups is 3. The third-order valence-corrected chi connectivity index (χ3v) is 3.66. The Morgan fingerprint density at radius 2 is 1.56 bits per heavy atom. The van der Waals surface area contributed by atoms with E-state index in [1.165, 1.54) is 17.8 Å². The van der Waals surface area contributed by atoms with Gasteiger partial charge in [-0.25, -0.2) is 4.79 Å². The first kappa shape index (κ1) is 18.3. The lowest BCUT2D eigenvalue weighted by molar-refractivity contribution is -0.144. The maximum absolute atomic E-state index is 11.7. The first-order chi connectivity index (χ1) is 12.1. The van der Waals surface area contributed by atoms with E-state index in [4.69, 9.17) is 4.74 Å². The van der Waals surface area contributed by atoms with Gasteiger partial charge in [-0.3, -0.25) is 20.4 Å². The highest BCUT2D eigenvalue weighted by Crippen LogP contribution is 2.17. The van der Waals surface area contributed by atoms with Crippen molar-refractivity contribution in [1.82, 2.24) is 10.9 Å². The Bertz CT molecular complexity index is 748. The molecule has 0 fully saturated rings. The van der Waals surface area contributed by atoms with Crippen molar-refractivity contribution in [2.24, 2.45) is 0 Å². The Labute approximate surface area is 149 Å². The smallest absolute Gasteiger partial charge is 0.331 e. The summed E-state index contributed by atoms with van der Waals surface area (Å²) in [5.41, 5.74) is 4.81. The second kappa shape index (κ2) is 9.94. The second-order valence-corrected chi connectivity index (χ2v) is 5.69. The molecule has 6 nitrogen and oxygen atoms in total. The average molecular weight is 356 g/mol. The molecule has 0 aliphatic heterocycles. The van der Waals surface area contributed by atoms with E-state index in [0.717, 1.165) is 4.90 Å². The molecule has 0 spiro atoms. The topological polar surface area (TPSA) is 84.5 Å². The van der Waals surface area contributed by atoms with E-state index in [1.807, 2.05) is 30.3 Å². The van der Waals surface area contributed by atoms with Gasteiger partial charge in [0.05, 0.1) is 0 Å². The zero-order valence-electron chi connectivity index (χ0n) is 13.2. The van der Waals surface area contributed by atoms with Gasteiger partial charge in [0.15, 0.2) is 6.61 Å². The van der Waals surface area contributed by atoms with Crippen LogP contribution in [0.15, 0.2) is 77.0 Å². The highest BCUT2D eigenvalue weighted by Gasteiger charge is 2.08. The number of benzene rings is 2. The molecule has 0 aliphatic rings. The zero-order valence-corrected chi connectivity index (χ0v) is 14.0. The summed E-state index contributed by atoms with van der Waals surface area (Å²) in [6.07, 6.45) is 1.23. The molecule has 2 N–H and O–H groups in total. The number of esters is 1. The van der Waals surface area contributed by atoms with Crippen LogP contribution >= 0.6 is 11.8 Å². The van der Waals surface area contributed by atoms with Crippen molar-refractivity contribution in [3.8, 4) is 0 Å². The Morgan fingerprint density at radius 3 is 2.24 bits per heavy atom. The van der Waals surface area contributed by atoms with Gasteiger partial charge in [0.25, 0.3) is 11.8 Å². The van der Waals surface area contributed by atoms with Gasteiger partial charge in [-0.05, 0) is 29.7 Å². The maximum Gasteiger partial charge on any atom is 0.331 e. The van der Waals surface area contributed by atoms with Crippen LogP contribution in [-0.4, -0.2) is 24.4 Å². The van der Waals surface area contributed by atoms with Gasteiger partial charge < -0.3 is 4.74 Å². The quantitative estimate of drug-likeness (QED) is 0.359. The lowest BCUT2D eigenvalue weighted by atomic mass is 10.2. The summed E-state index contributed by atoms with van der Waals surface area (Å²) in [6.45, 7) is -0.492. The molecule has 2 aromatic carbocycles. The minimum atomic E-state index is -0.645. The molecule has 2 rings (SSSR count). The van der Waals surface area contributed by atoms with Crippen molar-refractivity contribution in [1.29, 1.82) is 0 Å². The van der Waals surface area contributed by atoms with Crippen LogP contribution in [0.5, 0.6) is 0 Å². The molecule has 0 aliphatic carbocycles. The number of rotatable bonds is 6. The number of ether oxygens (including phenoxy) is 1. The van der Waals surface area contributed by atoms with Crippen molar-refractivity contribution in [3.63, 3.8) is 0 Å². The van der Waals surface area contributed by atoms with Crippen molar-refractivity contribution >= 4 is 29.5 Å². The Morgan fingerprint density at radius 1 is 0.920 bits per heavy atom. The summed E-state index contributed by atoms with van der Waals surface area (Å²) in [5.74, 6) is -1.74. The first-order valence-electron chi connectivity index (χ1n) is 7.34. The van der Waals surface area contributed by atoms with E-state index in [9.17, 15) is 14.4 Å². The summed E-state index contributed by atoms with van der Waals surface area (Å²) >= 11 is 1.36. The summed E-state index contributed by atoms with van der Waals surface area (Å²) in [6, 6.07) is 17.9. The van der Waals surface area contributed by atoms with Crippen LogP contribution in [0.1, 0.15) is 10.4 Å². The number of hydrogen-bond acceptors (Lipinski definition) is 5. The van der Waals surface area contributed by atoms with Gasteiger partial charge in [-0.15, -0.1) is 0 Å². The molecule has 0 aromatic heterocycles. The number of hydrogen-bond donors (Lipinski definition) is 2. The van der Waals surface area contributed by atoms with Crippen LogP contribution in [0.3, 0.4) is 0 Å². The van der Waals surface area contributed by atoms with Crippen LogP contribution in [0.4, 0.5) is 0 Å². The molecule has 7 heteroatoms. The zero-order chi connectivity index (χ0) is 17.9. The van der Waals surface area contributed by atoms with Gasteiger partial charge in [0, 0.05) is 16.5 Å². The summed E-state index contributed by atoms with van der Waals surface area (Å²) < 4.78 is 4.78. The largest absolute Gasteiger partial charge is 0.452 e. The van der Waals surface area contributed by atoms with E-state index < -0.39 is 24.4 Å². The normalized spacial score (nSPS) is 10.2. The summed E-state index contributed by atoms with van der Waals surface area (Å²) in [4.78, 5) is 35.7. The van der Waals surface area contributed by atoms with E-state index >= 15 is 0 Å². The number of amides is 2. The van der Waals surface area contributed by atoms with Crippen LogP contribution < -0.4 is 10.9 Å². The molecule has 0 atom stereocenters. The van der Waals surface area contributed by atoms with Gasteiger partial charge in [-0.2, -0.15) is 0 Å². The first-order valence-corrected chi connectivity index (χ1v) is 8.22. The van der Waals surface area contributed by atoms with Crippen molar-refractivity contribution in [2.75, 3.05) is 6.61 Å². The minimum Gasteiger partial charge on any atom is -0.452 e. The number of hydrazine groups is 1. The predicted molar refractivity (Wildman–Crippen MR) is 94.4 cm³/mol. The molecule has 0 saturated carbocycles. The highest BCUT2D eigenvalue weighted by molar-refractivity contribution is 8.02. The third-order valence-electron chi connectivity index (χ3n) is 2.85. The van der Waals surface area contributed by atoms with E-state index in [1.54, 1.807) is 35.7 Å². The number of thioether (sulfide) groups is 1. The van der Waals surface area contributed by atoms with Gasteiger partial charge >= 0.3 is 5.97 Å². The van der Waals surface area contributed by atoms with Crippen molar-refractivity contribution < 1.29 is 19.1 Å². The van der Waals surface area contributed by atoms with Gasteiger partial charge in [0.1, 0.15) is 0 Å². The predicted octanol–water partition coefficient (Wildman–Crippen LogP) is 2.30. The third kappa shape index (κ3) is 6.92. The SMILES string of the molecule is O=C(COC(=O)/C=C/Sc1ccccc1)NNC(=O)c1ccccc1. The second-order valence-electron chi connectivity index (χ2n) is 4.71. The summed E-state index contributed by atoms with van der Waals surface area (Å²) in [5, 5.41) is 1.58. The van der Waals surface area contributed by atoms with Crippen molar-refractivity contribution in [2.45, 2.75) is 4.90 Å². The van der Waals surface area contributed by atoms with Crippen LogP contribution in [0, 0.1) is 0 Å². The van der Waals surface area contributed by atoms with Crippen LogP contribution in [0.2, 0.25) is 0 Å². The number of carbonyl (C=O) groups excluding carboxylic acids is 3. The Hall–Kier alpha value is -3.06. The van der Waals surface area contributed by atoms with Crippen molar-refractivity contribution in [3.05, 3.63) is 77.7 Å². The minimum absolute atomic E-state index is 0.403. The summed E-state index contributed by atoms with van der Waals surface area (Å²) in [7, 11) is 0. The Balaban J connectivity index is 1.65. The molecule has 2 amide bonds. The standard InChI is InChI=1S/C18H16N2O4S/c21-16(19-20-18(23)14-7-3-1-4-8-14)13-24-17(22)11-12-25-15-9-5-2-6-10-15/h1-12H,13H2,(H,19,21)(H,20,23)/b12-11+. The molecule has 128 valence electrons. The molecule has 0 heterocycles. The van der Waals surface area contributed by atoms with E-state index in [2.05, 4.69) is 10.9 Å². The molecule has 0 saturated heterocycles. The molecular formula is C18H16N2O4S. The molecule has 0 radical (unpaired) electrons. The average Bonchev–Trinajstić information content (AvgIpc) is 2.66. The number of nitrogens with one attached hydrogen (secondary N) is 2. The van der Waals surface area contributed by atoms with Crippen LogP contribution in [0.25, 0.3) is 0 Å². The lowest BCUT2D eigenvalue weighted by Crippen LogP contribution is -2.43. The fraction of sp³-hybridized carbons (Fsp3) is 0.0556. The molecular weight excluding hydrogens is 340 g/mol. The van der Waals surface area contributed by atoms with E-state index in [-0.39, 0.29) is 0 Å². The van der Waals surface area contributed by atoms with Gasteiger partial charge in [-0.1, -0.05) is 48.2 Å². The highest BCUT2D eigenvalue weighted by atomic mass is 32.2. The monoisotopic (exact) mass is 356 g/mol. The Kier molecular flexibility index (Phi) is 7.27. The molecule has 25 heavy (non-hydrogen) atoms. The molecule has 0 bridgehead atoms. The van der Waals surface area contributed by atoms with Crippen LogP contribution in [-0.2, 0) is 14.3 Å². The lowest BCUT2D eigenvalue weighted by Gasteiger charge is -2.07. The molecule has 0 unspecified atom stereocenters. The van der Waals surface area contributed by atoms with E-state index in [0.29, 0.717) is 5.56 Å². The fourth-order valence-electron chi connectivity index (χ4n) is 1.68.